The Kier molecular flexibility index (Phi) is 7.69. The van der Waals surface area contributed by atoms with E-state index in [1.54, 1.807) is 53.4 Å². The van der Waals surface area contributed by atoms with Gasteiger partial charge in [-0.05, 0) is 43.0 Å². The molecule has 9 heteroatoms. The molecule has 3 rings (SSSR count). The number of hydrogen-bond donors (Lipinski definition) is 1. The Labute approximate surface area is 188 Å². The van der Waals surface area contributed by atoms with Crippen molar-refractivity contribution in [2.24, 2.45) is 0 Å². The highest BCUT2D eigenvalue weighted by atomic mass is 35.5. The highest BCUT2D eigenvalue weighted by Crippen LogP contribution is 2.21. The largest absolute Gasteiger partial charge is 0.339 e. The zero-order valence-electron chi connectivity index (χ0n) is 17.4. The van der Waals surface area contributed by atoms with Gasteiger partial charge >= 0.3 is 0 Å². The number of halogens is 1. The van der Waals surface area contributed by atoms with E-state index in [9.17, 15) is 18.0 Å². The number of para-hydroxylation sites is 1. The molecular formula is C22H26ClN3O4S. The SMILES string of the molecule is CS(=O)(=O)N(CC(=O)Nc1ccccc1C(=O)N1CCCCC1)Cc1ccccc1Cl. The first-order valence-electron chi connectivity index (χ1n) is 10.1. The van der Waals surface area contributed by atoms with Crippen molar-refractivity contribution in [3.05, 3.63) is 64.7 Å². The van der Waals surface area contributed by atoms with Crippen LogP contribution in [0, 0.1) is 0 Å². The lowest BCUT2D eigenvalue weighted by molar-refractivity contribution is -0.116. The second kappa shape index (κ2) is 10.3. The minimum absolute atomic E-state index is 0.0275. The number of hydrogen-bond acceptors (Lipinski definition) is 4. The standard InChI is InChI=1S/C22H26ClN3O4S/c1-31(29,30)26(15-17-9-3-5-11-19(17)23)16-21(27)24-20-12-6-4-10-18(20)22(28)25-13-7-2-8-14-25/h3-6,9-12H,2,7-8,13-16H2,1H3,(H,24,27). The van der Waals surface area contributed by atoms with Gasteiger partial charge in [0.15, 0.2) is 0 Å². The van der Waals surface area contributed by atoms with Crippen molar-refractivity contribution < 1.29 is 18.0 Å². The number of rotatable bonds is 7. The summed E-state index contributed by atoms with van der Waals surface area (Å²) in [5.74, 6) is -0.664. The zero-order valence-corrected chi connectivity index (χ0v) is 19.0. The molecule has 2 aromatic carbocycles. The van der Waals surface area contributed by atoms with Crippen LogP contribution in [-0.4, -0.2) is 55.3 Å². The molecule has 7 nitrogen and oxygen atoms in total. The first kappa shape index (κ1) is 23.2. The van der Waals surface area contributed by atoms with E-state index in [0.717, 1.165) is 29.8 Å². The second-order valence-electron chi connectivity index (χ2n) is 7.57. The quantitative estimate of drug-likeness (QED) is 0.682. The topological polar surface area (TPSA) is 86.8 Å². The molecule has 1 aliphatic heterocycles. The van der Waals surface area contributed by atoms with E-state index in [1.165, 1.54) is 0 Å². The molecular weight excluding hydrogens is 438 g/mol. The molecule has 2 aromatic rings. The summed E-state index contributed by atoms with van der Waals surface area (Å²) in [6.45, 7) is 0.970. The molecule has 31 heavy (non-hydrogen) atoms. The monoisotopic (exact) mass is 463 g/mol. The second-order valence-corrected chi connectivity index (χ2v) is 9.96. The fourth-order valence-electron chi connectivity index (χ4n) is 3.50. The van der Waals surface area contributed by atoms with Gasteiger partial charge in [0.05, 0.1) is 24.1 Å². The van der Waals surface area contributed by atoms with Crippen molar-refractivity contribution in [2.75, 3.05) is 31.2 Å². The van der Waals surface area contributed by atoms with E-state index in [4.69, 9.17) is 11.6 Å². The zero-order chi connectivity index (χ0) is 22.4. The Bertz CT molecular complexity index is 1050. The van der Waals surface area contributed by atoms with Gasteiger partial charge in [-0.15, -0.1) is 0 Å². The van der Waals surface area contributed by atoms with Gasteiger partial charge in [-0.1, -0.05) is 41.9 Å². The van der Waals surface area contributed by atoms with E-state index in [1.807, 2.05) is 0 Å². The van der Waals surface area contributed by atoms with Crippen LogP contribution in [0.4, 0.5) is 5.69 Å². The predicted molar refractivity (Wildman–Crippen MR) is 122 cm³/mol. The van der Waals surface area contributed by atoms with Crippen molar-refractivity contribution in [2.45, 2.75) is 25.8 Å². The smallest absolute Gasteiger partial charge is 0.255 e. The Morgan fingerprint density at radius 3 is 2.35 bits per heavy atom. The number of nitrogens with zero attached hydrogens (tertiary/aromatic N) is 2. The molecule has 0 atom stereocenters. The molecule has 0 spiro atoms. The Hall–Kier alpha value is -2.42. The number of carbonyl (C=O) groups excluding carboxylic acids is 2. The summed E-state index contributed by atoms with van der Waals surface area (Å²) in [7, 11) is -3.67. The molecule has 166 valence electrons. The fraction of sp³-hybridized carbons (Fsp3) is 0.364. The number of sulfonamides is 1. The maximum Gasteiger partial charge on any atom is 0.255 e. The summed E-state index contributed by atoms with van der Waals surface area (Å²) in [6.07, 6.45) is 4.08. The lowest BCUT2D eigenvalue weighted by atomic mass is 10.1. The number of benzene rings is 2. The molecule has 1 aliphatic rings. The van der Waals surface area contributed by atoms with E-state index >= 15 is 0 Å². The van der Waals surface area contributed by atoms with Gasteiger partial charge in [0, 0.05) is 24.7 Å². The van der Waals surface area contributed by atoms with Crippen molar-refractivity contribution in [1.82, 2.24) is 9.21 Å². The summed E-state index contributed by atoms with van der Waals surface area (Å²) < 4.78 is 25.6. The number of nitrogens with one attached hydrogen (secondary N) is 1. The fourth-order valence-corrected chi connectivity index (χ4v) is 4.42. The molecule has 2 amide bonds. The number of amides is 2. The third-order valence-electron chi connectivity index (χ3n) is 5.17. The van der Waals surface area contributed by atoms with E-state index in [-0.39, 0.29) is 12.5 Å². The summed E-state index contributed by atoms with van der Waals surface area (Å²) in [5, 5.41) is 3.13. The minimum atomic E-state index is -3.67. The maximum absolute atomic E-state index is 12.9. The van der Waals surface area contributed by atoms with Crippen LogP contribution in [0.1, 0.15) is 35.2 Å². The lowest BCUT2D eigenvalue weighted by Gasteiger charge is -2.27. The summed E-state index contributed by atoms with van der Waals surface area (Å²) >= 11 is 6.15. The molecule has 1 N–H and O–H groups in total. The van der Waals surface area contributed by atoms with Crippen LogP contribution in [0.5, 0.6) is 0 Å². The molecule has 0 radical (unpaired) electrons. The molecule has 0 aliphatic carbocycles. The molecule has 1 fully saturated rings. The average molecular weight is 464 g/mol. The molecule has 0 saturated carbocycles. The van der Waals surface area contributed by atoms with Crippen LogP contribution in [0.25, 0.3) is 0 Å². The average Bonchev–Trinajstić information content (AvgIpc) is 2.74. The molecule has 0 bridgehead atoms. The first-order chi connectivity index (χ1) is 14.8. The Morgan fingerprint density at radius 1 is 1.03 bits per heavy atom. The third kappa shape index (κ3) is 6.29. The van der Waals surface area contributed by atoms with Crippen molar-refractivity contribution in [3.8, 4) is 0 Å². The van der Waals surface area contributed by atoms with Gasteiger partial charge in [-0.2, -0.15) is 4.31 Å². The maximum atomic E-state index is 12.9. The summed E-state index contributed by atoms with van der Waals surface area (Å²) in [4.78, 5) is 27.4. The van der Waals surface area contributed by atoms with Gasteiger partial charge in [0.2, 0.25) is 15.9 Å². The van der Waals surface area contributed by atoms with Gasteiger partial charge in [-0.3, -0.25) is 9.59 Å². The number of likely N-dealkylation sites (tertiary alicyclic amines) is 1. The highest BCUT2D eigenvalue weighted by Gasteiger charge is 2.24. The molecule has 1 heterocycles. The number of piperidine rings is 1. The first-order valence-corrected chi connectivity index (χ1v) is 12.3. The van der Waals surface area contributed by atoms with Gasteiger partial charge < -0.3 is 10.2 Å². The molecule has 0 unspecified atom stereocenters. The van der Waals surface area contributed by atoms with Crippen LogP contribution >= 0.6 is 11.6 Å². The number of carbonyl (C=O) groups is 2. The van der Waals surface area contributed by atoms with Crippen LogP contribution in [0.15, 0.2) is 48.5 Å². The van der Waals surface area contributed by atoms with Gasteiger partial charge in [-0.25, -0.2) is 8.42 Å². The van der Waals surface area contributed by atoms with Gasteiger partial charge in [0.25, 0.3) is 5.91 Å². The van der Waals surface area contributed by atoms with Crippen LogP contribution < -0.4 is 5.32 Å². The van der Waals surface area contributed by atoms with Crippen molar-refractivity contribution in [3.63, 3.8) is 0 Å². The van der Waals surface area contributed by atoms with Crippen molar-refractivity contribution >= 4 is 39.1 Å². The van der Waals surface area contributed by atoms with Gasteiger partial charge in [0.1, 0.15) is 0 Å². The predicted octanol–water partition coefficient (Wildman–Crippen LogP) is 3.37. The van der Waals surface area contributed by atoms with E-state index in [0.29, 0.717) is 34.9 Å². The highest BCUT2D eigenvalue weighted by molar-refractivity contribution is 7.88. The Morgan fingerprint density at radius 2 is 1.68 bits per heavy atom. The normalized spacial score (nSPS) is 14.5. The number of anilines is 1. The molecule has 1 saturated heterocycles. The molecule has 0 aromatic heterocycles. The summed E-state index contributed by atoms with van der Waals surface area (Å²) in [5.41, 5.74) is 1.37. The summed E-state index contributed by atoms with van der Waals surface area (Å²) in [6, 6.07) is 13.7. The lowest BCUT2D eigenvalue weighted by Crippen LogP contribution is -2.38. The van der Waals surface area contributed by atoms with E-state index < -0.39 is 22.5 Å². The minimum Gasteiger partial charge on any atom is -0.339 e. The van der Waals surface area contributed by atoms with Crippen molar-refractivity contribution in [1.29, 1.82) is 0 Å². The third-order valence-corrected chi connectivity index (χ3v) is 6.73. The Balaban J connectivity index is 1.74. The van der Waals surface area contributed by atoms with Crippen LogP contribution in [-0.2, 0) is 21.4 Å². The van der Waals surface area contributed by atoms with Crippen LogP contribution in [0.2, 0.25) is 5.02 Å². The van der Waals surface area contributed by atoms with E-state index in [2.05, 4.69) is 5.32 Å². The van der Waals surface area contributed by atoms with Crippen LogP contribution in [0.3, 0.4) is 0 Å².